The maximum atomic E-state index is 6.01. The van der Waals surface area contributed by atoms with E-state index in [1.54, 1.807) is 7.11 Å². The molecule has 5 heteroatoms. The van der Waals surface area contributed by atoms with Crippen molar-refractivity contribution in [1.29, 1.82) is 0 Å². The Bertz CT molecular complexity index is 851. The molecular weight excluding hydrogens is 292 g/mol. The number of aryl methyl sites for hydroxylation is 1. The van der Waals surface area contributed by atoms with Crippen molar-refractivity contribution in [2.45, 2.75) is 6.92 Å². The number of aromatic nitrogens is 2. The lowest BCUT2D eigenvalue weighted by molar-refractivity contribution is 0.411. The van der Waals surface area contributed by atoms with E-state index in [4.69, 9.17) is 28.6 Å². The summed E-state index contributed by atoms with van der Waals surface area (Å²) in [6.07, 6.45) is 0. The van der Waals surface area contributed by atoms with Gasteiger partial charge < -0.3 is 9.72 Å². The minimum Gasteiger partial charge on any atom is -0.496 e. The third kappa shape index (κ3) is 2.11. The smallest absolute Gasteiger partial charge is 0.182 e. The van der Waals surface area contributed by atoms with E-state index in [-0.39, 0.29) is 0 Å². The molecule has 1 aromatic heterocycles. The highest BCUT2D eigenvalue weighted by Gasteiger charge is 2.08. The molecule has 0 aliphatic rings. The minimum absolute atomic E-state index is 0.645. The Morgan fingerprint density at radius 3 is 2.70 bits per heavy atom. The number of nitrogens with zero attached hydrogens (tertiary/aromatic N) is 1. The molecule has 0 bridgehead atoms. The molecule has 0 saturated heterocycles. The highest BCUT2D eigenvalue weighted by Crippen LogP contribution is 2.26. The standard InChI is InChI=1S/C15H13ClN2OS/c1-9-7-11(4-6-14(9)19-2)18-13-5-3-10(16)8-12(13)17-15(18)20/h3-8H,1-2H3,(H,17,20). The molecule has 20 heavy (non-hydrogen) atoms. The molecule has 102 valence electrons. The molecule has 0 spiro atoms. The quantitative estimate of drug-likeness (QED) is 0.698. The normalized spacial score (nSPS) is 10.9. The zero-order valence-electron chi connectivity index (χ0n) is 11.1. The third-order valence-electron chi connectivity index (χ3n) is 3.28. The Kier molecular flexibility index (Phi) is 3.28. The molecule has 1 N–H and O–H groups in total. The monoisotopic (exact) mass is 304 g/mol. The number of nitrogens with one attached hydrogen (secondary N) is 1. The second kappa shape index (κ2) is 4.96. The van der Waals surface area contributed by atoms with Crippen LogP contribution in [0.3, 0.4) is 0 Å². The minimum atomic E-state index is 0.645. The van der Waals surface area contributed by atoms with Crippen LogP contribution >= 0.6 is 23.8 Å². The van der Waals surface area contributed by atoms with Crippen molar-refractivity contribution in [2.75, 3.05) is 7.11 Å². The molecule has 0 radical (unpaired) electrons. The number of benzene rings is 2. The van der Waals surface area contributed by atoms with Crippen molar-refractivity contribution in [3.8, 4) is 11.4 Å². The molecule has 3 aromatic rings. The van der Waals surface area contributed by atoms with Crippen LogP contribution in [-0.2, 0) is 0 Å². The second-order valence-electron chi connectivity index (χ2n) is 4.58. The molecule has 2 aromatic carbocycles. The number of ether oxygens (including phenoxy) is 1. The number of H-pyrrole nitrogens is 1. The van der Waals surface area contributed by atoms with E-state index in [2.05, 4.69) is 11.1 Å². The predicted octanol–water partition coefficient (Wildman–Crippen LogP) is 4.66. The van der Waals surface area contributed by atoms with Gasteiger partial charge in [0.15, 0.2) is 4.77 Å². The van der Waals surface area contributed by atoms with Crippen LogP contribution in [0.2, 0.25) is 5.02 Å². The van der Waals surface area contributed by atoms with Gasteiger partial charge in [-0.15, -0.1) is 0 Å². The number of rotatable bonds is 2. The van der Waals surface area contributed by atoms with Crippen molar-refractivity contribution in [2.24, 2.45) is 0 Å². The summed E-state index contributed by atoms with van der Waals surface area (Å²) in [5.74, 6) is 0.864. The number of fused-ring (bicyclic) bond motifs is 1. The van der Waals surface area contributed by atoms with Crippen LogP contribution < -0.4 is 4.74 Å². The number of hydrogen-bond acceptors (Lipinski definition) is 2. The lowest BCUT2D eigenvalue weighted by Gasteiger charge is -2.09. The fraction of sp³-hybridized carbons (Fsp3) is 0.133. The Labute approximate surface area is 126 Å². The number of imidazole rings is 1. The largest absolute Gasteiger partial charge is 0.496 e. The topological polar surface area (TPSA) is 29.9 Å². The molecular formula is C15H13ClN2OS. The molecule has 1 heterocycles. The van der Waals surface area contributed by atoms with Gasteiger partial charge in [0, 0.05) is 10.7 Å². The van der Waals surface area contributed by atoms with Crippen molar-refractivity contribution in [1.82, 2.24) is 9.55 Å². The van der Waals surface area contributed by atoms with Crippen molar-refractivity contribution >= 4 is 34.9 Å². The van der Waals surface area contributed by atoms with Gasteiger partial charge in [0.2, 0.25) is 0 Å². The number of aromatic amines is 1. The summed E-state index contributed by atoms with van der Waals surface area (Å²) in [4.78, 5) is 3.18. The first kappa shape index (κ1) is 13.2. The van der Waals surface area contributed by atoms with Gasteiger partial charge in [-0.2, -0.15) is 0 Å². The first-order valence-electron chi connectivity index (χ1n) is 6.15. The lowest BCUT2D eigenvalue weighted by Crippen LogP contribution is -1.96. The zero-order valence-corrected chi connectivity index (χ0v) is 12.7. The summed E-state index contributed by atoms with van der Waals surface area (Å²) in [5.41, 5.74) is 4.00. The van der Waals surface area contributed by atoms with Crippen molar-refractivity contribution in [3.63, 3.8) is 0 Å². The second-order valence-corrected chi connectivity index (χ2v) is 5.40. The van der Waals surface area contributed by atoms with Gasteiger partial charge >= 0.3 is 0 Å². The summed E-state index contributed by atoms with van der Waals surface area (Å²) < 4.78 is 7.93. The average Bonchev–Trinajstić information content (AvgIpc) is 2.73. The van der Waals surface area contributed by atoms with E-state index in [9.17, 15) is 0 Å². The van der Waals surface area contributed by atoms with Gasteiger partial charge in [0.05, 0.1) is 18.1 Å². The van der Waals surface area contributed by atoms with E-state index >= 15 is 0 Å². The first-order chi connectivity index (χ1) is 9.60. The van der Waals surface area contributed by atoms with Crippen LogP contribution in [0.5, 0.6) is 5.75 Å². The molecule has 3 rings (SSSR count). The number of hydrogen-bond donors (Lipinski definition) is 1. The average molecular weight is 305 g/mol. The summed E-state index contributed by atoms with van der Waals surface area (Å²) >= 11 is 11.4. The van der Waals surface area contributed by atoms with Gasteiger partial charge in [0.25, 0.3) is 0 Å². The van der Waals surface area contributed by atoms with Crippen LogP contribution in [0.1, 0.15) is 5.56 Å². The molecule has 0 aliphatic carbocycles. The van der Waals surface area contributed by atoms with Crippen LogP contribution in [0.25, 0.3) is 16.7 Å². The summed E-state index contributed by atoms with van der Waals surface area (Å²) in [5, 5.41) is 0.687. The molecule has 0 atom stereocenters. The van der Waals surface area contributed by atoms with Crippen LogP contribution in [0.4, 0.5) is 0 Å². The zero-order chi connectivity index (χ0) is 14.3. The molecule has 0 fully saturated rings. The molecule has 3 nitrogen and oxygen atoms in total. The Morgan fingerprint density at radius 2 is 2.00 bits per heavy atom. The third-order valence-corrected chi connectivity index (χ3v) is 3.80. The van der Waals surface area contributed by atoms with Crippen LogP contribution in [0.15, 0.2) is 36.4 Å². The lowest BCUT2D eigenvalue weighted by atomic mass is 10.2. The van der Waals surface area contributed by atoms with E-state index in [1.165, 1.54) is 0 Å². The highest BCUT2D eigenvalue weighted by atomic mass is 35.5. The van der Waals surface area contributed by atoms with Crippen LogP contribution in [0, 0.1) is 11.7 Å². The van der Waals surface area contributed by atoms with E-state index < -0.39 is 0 Å². The Hall–Kier alpha value is -1.78. The number of halogens is 1. The first-order valence-corrected chi connectivity index (χ1v) is 6.94. The fourth-order valence-corrected chi connectivity index (χ4v) is 2.83. The maximum Gasteiger partial charge on any atom is 0.182 e. The van der Waals surface area contributed by atoms with Gasteiger partial charge in [0.1, 0.15) is 5.75 Å². The van der Waals surface area contributed by atoms with Crippen molar-refractivity contribution in [3.05, 3.63) is 51.8 Å². The molecule has 0 amide bonds. The SMILES string of the molecule is COc1ccc(-n2c(=S)[nH]c3cc(Cl)ccc32)cc1C. The highest BCUT2D eigenvalue weighted by molar-refractivity contribution is 7.71. The fourth-order valence-electron chi connectivity index (χ4n) is 2.34. The van der Waals surface area contributed by atoms with Gasteiger partial charge in [-0.25, -0.2) is 0 Å². The van der Waals surface area contributed by atoms with E-state index in [1.807, 2.05) is 41.8 Å². The number of methoxy groups -OCH3 is 1. The van der Waals surface area contributed by atoms with Gasteiger partial charge in [-0.1, -0.05) is 11.6 Å². The molecule has 0 saturated carbocycles. The molecule has 0 unspecified atom stereocenters. The Balaban J connectivity index is 2.26. The Morgan fingerprint density at radius 1 is 1.20 bits per heavy atom. The van der Waals surface area contributed by atoms with Gasteiger partial charge in [-0.3, -0.25) is 4.57 Å². The van der Waals surface area contributed by atoms with Gasteiger partial charge in [-0.05, 0) is 61.1 Å². The molecule has 0 aliphatic heterocycles. The predicted molar refractivity (Wildman–Crippen MR) is 84.8 cm³/mol. The summed E-state index contributed by atoms with van der Waals surface area (Å²) in [7, 11) is 1.67. The van der Waals surface area contributed by atoms with Crippen LogP contribution in [-0.4, -0.2) is 16.7 Å². The summed E-state index contributed by atoms with van der Waals surface area (Å²) in [6, 6.07) is 11.7. The maximum absolute atomic E-state index is 6.01. The van der Waals surface area contributed by atoms with Crippen molar-refractivity contribution < 1.29 is 4.74 Å². The van der Waals surface area contributed by atoms with E-state index in [0.29, 0.717) is 9.79 Å². The summed E-state index contributed by atoms with van der Waals surface area (Å²) in [6.45, 7) is 2.01. The van der Waals surface area contributed by atoms with E-state index in [0.717, 1.165) is 28.0 Å².